The average molecular weight is 382 g/mol. The largest absolute Gasteiger partial charge is 0.489 e. The van der Waals surface area contributed by atoms with E-state index in [1.165, 1.54) is 17.7 Å². The number of hydrogen-bond acceptors (Lipinski definition) is 3. The van der Waals surface area contributed by atoms with Crippen molar-refractivity contribution in [1.82, 2.24) is 0 Å². The van der Waals surface area contributed by atoms with Gasteiger partial charge in [-0.15, -0.1) is 0 Å². The quantitative estimate of drug-likeness (QED) is 0.564. The first kappa shape index (κ1) is 18.8. The summed E-state index contributed by atoms with van der Waals surface area (Å²) in [7, 11) is 0. The van der Waals surface area contributed by atoms with Crippen LogP contribution in [0.1, 0.15) is 27.0 Å². The summed E-state index contributed by atoms with van der Waals surface area (Å²) in [4.78, 5) is 11.1. The van der Waals surface area contributed by atoms with Crippen molar-refractivity contribution >= 4 is 23.3 Å². The Hall–Kier alpha value is -2.98. The second kappa shape index (κ2) is 8.60. The van der Waals surface area contributed by atoms with Gasteiger partial charge in [0.05, 0.1) is 16.3 Å². The predicted octanol–water partition coefficient (Wildman–Crippen LogP) is 5.54. The summed E-state index contributed by atoms with van der Waals surface area (Å²) in [6.45, 7) is 3.13. The number of carboxylic acid groups (broad SMARTS) is 1. The van der Waals surface area contributed by atoms with Gasteiger partial charge in [-0.3, -0.25) is 0 Å². The molecule has 3 aromatic rings. The minimum atomic E-state index is -0.982. The Labute approximate surface area is 163 Å². The average Bonchev–Trinajstić information content (AvgIpc) is 2.67. The Balaban J connectivity index is 1.59. The standard InChI is InChI=1S/C22H20ClNO3/c1-15-4-2-3-5-18(15)14-27-19-9-6-16(7-10-19)13-24-21-12-17(22(25)26)8-11-20(21)23/h2-12,24H,13-14H2,1H3,(H,25,26). The zero-order valence-electron chi connectivity index (χ0n) is 14.9. The van der Waals surface area contributed by atoms with Crippen molar-refractivity contribution in [1.29, 1.82) is 0 Å². The van der Waals surface area contributed by atoms with Crippen molar-refractivity contribution in [2.24, 2.45) is 0 Å². The molecule has 27 heavy (non-hydrogen) atoms. The minimum absolute atomic E-state index is 0.196. The van der Waals surface area contributed by atoms with Crippen LogP contribution in [0.3, 0.4) is 0 Å². The first-order chi connectivity index (χ1) is 13.0. The summed E-state index contributed by atoms with van der Waals surface area (Å²) >= 11 is 6.13. The van der Waals surface area contributed by atoms with E-state index in [-0.39, 0.29) is 5.56 Å². The lowest BCUT2D eigenvalue weighted by atomic mass is 10.1. The van der Waals surface area contributed by atoms with Gasteiger partial charge in [0.15, 0.2) is 0 Å². The number of benzene rings is 3. The Morgan fingerprint density at radius 2 is 1.81 bits per heavy atom. The molecule has 0 atom stereocenters. The lowest BCUT2D eigenvalue weighted by molar-refractivity contribution is 0.0697. The summed E-state index contributed by atoms with van der Waals surface area (Å²) in [5, 5.41) is 12.7. The van der Waals surface area contributed by atoms with Crippen LogP contribution in [0.4, 0.5) is 5.69 Å². The van der Waals surface area contributed by atoms with Gasteiger partial charge in [-0.25, -0.2) is 4.79 Å². The van der Waals surface area contributed by atoms with Crippen LogP contribution in [0.5, 0.6) is 5.75 Å². The molecule has 0 aliphatic carbocycles. The number of halogens is 1. The van der Waals surface area contributed by atoms with Crippen LogP contribution in [0.2, 0.25) is 5.02 Å². The van der Waals surface area contributed by atoms with E-state index in [1.807, 2.05) is 36.4 Å². The van der Waals surface area contributed by atoms with E-state index in [2.05, 4.69) is 24.4 Å². The fourth-order valence-electron chi connectivity index (χ4n) is 2.63. The van der Waals surface area contributed by atoms with Gasteiger partial charge in [0.25, 0.3) is 0 Å². The third kappa shape index (κ3) is 5.02. The van der Waals surface area contributed by atoms with Crippen molar-refractivity contribution in [3.8, 4) is 5.75 Å². The molecule has 0 amide bonds. The molecular formula is C22H20ClNO3. The molecule has 0 saturated carbocycles. The highest BCUT2D eigenvalue weighted by Crippen LogP contribution is 2.24. The molecule has 0 aliphatic heterocycles. The van der Waals surface area contributed by atoms with Gasteiger partial charge in [-0.2, -0.15) is 0 Å². The highest BCUT2D eigenvalue weighted by Gasteiger charge is 2.07. The fraction of sp³-hybridized carbons (Fsp3) is 0.136. The first-order valence-corrected chi connectivity index (χ1v) is 8.93. The monoisotopic (exact) mass is 381 g/mol. The Morgan fingerprint density at radius 3 is 2.52 bits per heavy atom. The Bertz CT molecular complexity index is 939. The number of rotatable bonds is 7. The predicted molar refractivity (Wildman–Crippen MR) is 108 cm³/mol. The lowest BCUT2D eigenvalue weighted by Gasteiger charge is -2.11. The summed E-state index contributed by atoms with van der Waals surface area (Å²) in [5.41, 5.74) is 4.20. The second-order valence-electron chi connectivity index (χ2n) is 6.21. The van der Waals surface area contributed by atoms with Crippen LogP contribution >= 0.6 is 11.6 Å². The van der Waals surface area contributed by atoms with Crippen LogP contribution in [0.15, 0.2) is 66.7 Å². The van der Waals surface area contributed by atoms with Crippen LogP contribution in [-0.4, -0.2) is 11.1 Å². The molecular weight excluding hydrogens is 362 g/mol. The van der Waals surface area contributed by atoms with Crippen LogP contribution in [0, 0.1) is 6.92 Å². The molecule has 4 nitrogen and oxygen atoms in total. The molecule has 0 bridgehead atoms. The molecule has 0 fully saturated rings. The number of aryl methyl sites for hydroxylation is 1. The molecule has 5 heteroatoms. The van der Waals surface area contributed by atoms with Crippen molar-refractivity contribution in [3.63, 3.8) is 0 Å². The van der Waals surface area contributed by atoms with Gasteiger partial charge < -0.3 is 15.2 Å². The van der Waals surface area contributed by atoms with E-state index in [1.54, 1.807) is 6.07 Å². The van der Waals surface area contributed by atoms with Crippen LogP contribution in [0.25, 0.3) is 0 Å². The van der Waals surface area contributed by atoms with Gasteiger partial charge >= 0.3 is 5.97 Å². The maximum absolute atomic E-state index is 11.1. The molecule has 0 unspecified atom stereocenters. The van der Waals surface area contributed by atoms with E-state index < -0.39 is 5.97 Å². The highest BCUT2D eigenvalue weighted by atomic mass is 35.5. The summed E-state index contributed by atoms with van der Waals surface area (Å²) in [6.07, 6.45) is 0. The number of ether oxygens (including phenoxy) is 1. The fourth-order valence-corrected chi connectivity index (χ4v) is 2.81. The number of carbonyl (C=O) groups is 1. The molecule has 0 aromatic heterocycles. The molecule has 0 heterocycles. The van der Waals surface area contributed by atoms with Crippen molar-refractivity contribution in [2.45, 2.75) is 20.1 Å². The highest BCUT2D eigenvalue weighted by molar-refractivity contribution is 6.33. The molecule has 0 aliphatic rings. The molecule has 0 radical (unpaired) electrons. The molecule has 0 saturated heterocycles. The Morgan fingerprint density at radius 1 is 1.07 bits per heavy atom. The maximum Gasteiger partial charge on any atom is 0.335 e. The molecule has 0 spiro atoms. The van der Waals surface area contributed by atoms with Gasteiger partial charge in [-0.05, 0) is 53.9 Å². The number of aromatic carboxylic acids is 1. The summed E-state index contributed by atoms with van der Waals surface area (Å²) in [6, 6.07) is 20.5. The number of nitrogens with one attached hydrogen (secondary N) is 1. The van der Waals surface area contributed by atoms with Crippen LogP contribution in [-0.2, 0) is 13.2 Å². The van der Waals surface area contributed by atoms with E-state index >= 15 is 0 Å². The number of hydrogen-bond donors (Lipinski definition) is 2. The zero-order chi connectivity index (χ0) is 19.2. The van der Waals surface area contributed by atoms with Crippen molar-refractivity contribution in [3.05, 3.63) is 94.0 Å². The number of anilines is 1. The first-order valence-electron chi connectivity index (χ1n) is 8.56. The topological polar surface area (TPSA) is 58.6 Å². The van der Waals surface area contributed by atoms with Crippen LogP contribution < -0.4 is 10.1 Å². The van der Waals surface area contributed by atoms with Crippen molar-refractivity contribution < 1.29 is 14.6 Å². The van der Waals surface area contributed by atoms with Crippen molar-refractivity contribution in [2.75, 3.05) is 5.32 Å². The molecule has 2 N–H and O–H groups in total. The maximum atomic E-state index is 11.1. The second-order valence-corrected chi connectivity index (χ2v) is 6.62. The van der Waals surface area contributed by atoms with E-state index in [0.29, 0.717) is 23.9 Å². The third-order valence-corrected chi connectivity index (χ3v) is 4.60. The zero-order valence-corrected chi connectivity index (χ0v) is 15.7. The van der Waals surface area contributed by atoms with Gasteiger partial charge in [-0.1, -0.05) is 48.0 Å². The van der Waals surface area contributed by atoms with Gasteiger partial charge in [0, 0.05) is 6.54 Å². The SMILES string of the molecule is Cc1ccccc1COc1ccc(CNc2cc(C(=O)O)ccc2Cl)cc1. The number of carboxylic acids is 1. The smallest absolute Gasteiger partial charge is 0.335 e. The molecule has 3 rings (SSSR count). The van der Waals surface area contributed by atoms with Gasteiger partial charge in [0.2, 0.25) is 0 Å². The summed E-state index contributed by atoms with van der Waals surface area (Å²) in [5.74, 6) is -0.183. The molecule has 3 aromatic carbocycles. The van der Waals surface area contributed by atoms with E-state index in [9.17, 15) is 4.79 Å². The Kier molecular flexibility index (Phi) is 5.99. The van der Waals surface area contributed by atoms with E-state index in [0.717, 1.165) is 16.9 Å². The minimum Gasteiger partial charge on any atom is -0.489 e. The van der Waals surface area contributed by atoms with Gasteiger partial charge in [0.1, 0.15) is 12.4 Å². The lowest BCUT2D eigenvalue weighted by Crippen LogP contribution is -2.03. The molecule has 138 valence electrons. The van der Waals surface area contributed by atoms with E-state index in [4.69, 9.17) is 21.4 Å². The summed E-state index contributed by atoms with van der Waals surface area (Å²) < 4.78 is 5.85. The third-order valence-electron chi connectivity index (χ3n) is 4.28. The normalized spacial score (nSPS) is 10.4.